The fourth-order valence-electron chi connectivity index (χ4n) is 1.65. The lowest BCUT2D eigenvalue weighted by atomic mass is 10.2. The standard InChI is InChI=1S/C11H17N5/c1-3-10(12)11-6-13-8-16(11)9-5-14-15(4-2)7-9/h5-8,10H,3-4,12H2,1-2H3/t10-/m1/s1. The largest absolute Gasteiger partial charge is 0.323 e. The van der Waals surface area contributed by atoms with Crippen LogP contribution in [-0.2, 0) is 6.54 Å². The third-order valence-corrected chi connectivity index (χ3v) is 2.71. The number of hydrogen-bond acceptors (Lipinski definition) is 3. The summed E-state index contributed by atoms with van der Waals surface area (Å²) in [6.45, 7) is 4.99. The van der Waals surface area contributed by atoms with Gasteiger partial charge in [0, 0.05) is 18.8 Å². The highest BCUT2D eigenvalue weighted by atomic mass is 15.3. The van der Waals surface area contributed by atoms with E-state index in [2.05, 4.69) is 23.9 Å². The predicted molar refractivity (Wildman–Crippen MR) is 62.2 cm³/mol. The van der Waals surface area contributed by atoms with Crippen LogP contribution in [0.15, 0.2) is 24.9 Å². The Kier molecular flexibility index (Phi) is 3.05. The van der Waals surface area contributed by atoms with E-state index in [0.717, 1.165) is 24.3 Å². The molecule has 0 aliphatic heterocycles. The van der Waals surface area contributed by atoms with Gasteiger partial charge in [-0.15, -0.1) is 0 Å². The molecule has 5 heteroatoms. The van der Waals surface area contributed by atoms with Gasteiger partial charge < -0.3 is 5.73 Å². The second-order valence-electron chi connectivity index (χ2n) is 3.76. The van der Waals surface area contributed by atoms with Crippen molar-refractivity contribution in [1.82, 2.24) is 19.3 Å². The summed E-state index contributed by atoms with van der Waals surface area (Å²) in [7, 11) is 0. The molecule has 0 unspecified atom stereocenters. The average Bonchev–Trinajstić information content (AvgIpc) is 2.95. The van der Waals surface area contributed by atoms with Crippen molar-refractivity contribution in [3.8, 4) is 5.69 Å². The van der Waals surface area contributed by atoms with Crippen molar-refractivity contribution >= 4 is 0 Å². The minimum atomic E-state index is 0.0208. The lowest BCUT2D eigenvalue weighted by Gasteiger charge is -2.10. The van der Waals surface area contributed by atoms with Crippen molar-refractivity contribution in [2.45, 2.75) is 32.9 Å². The molecule has 0 amide bonds. The van der Waals surface area contributed by atoms with E-state index in [-0.39, 0.29) is 6.04 Å². The number of imidazole rings is 1. The molecule has 2 heterocycles. The molecule has 0 aliphatic rings. The molecular weight excluding hydrogens is 202 g/mol. The van der Waals surface area contributed by atoms with Crippen LogP contribution in [0.2, 0.25) is 0 Å². The van der Waals surface area contributed by atoms with Crippen LogP contribution in [0.5, 0.6) is 0 Å². The van der Waals surface area contributed by atoms with Crippen LogP contribution in [0.25, 0.3) is 5.69 Å². The van der Waals surface area contributed by atoms with Crippen LogP contribution in [0.1, 0.15) is 32.0 Å². The van der Waals surface area contributed by atoms with Gasteiger partial charge in [0.25, 0.3) is 0 Å². The van der Waals surface area contributed by atoms with Gasteiger partial charge in [-0.1, -0.05) is 6.92 Å². The predicted octanol–water partition coefficient (Wildman–Crippen LogP) is 1.50. The van der Waals surface area contributed by atoms with Gasteiger partial charge in [0.1, 0.15) is 0 Å². The van der Waals surface area contributed by atoms with Crippen molar-refractivity contribution in [2.75, 3.05) is 0 Å². The summed E-state index contributed by atoms with van der Waals surface area (Å²) >= 11 is 0. The summed E-state index contributed by atoms with van der Waals surface area (Å²) in [5.74, 6) is 0. The lowest BCUT2D eigenvalue weighted by molar-refractivity contribution is 0.653. The fourth-order valence-corrected chi connectivity index (χ4v) is 1.65. The van der Waals surface area contributed by atoms with E-state index in [9.17, 15) is 0 Å². The Hall–Kier alpha value is -1.62. The van der Waals surface area contributed by atoms with Crippen LogP contribution in [0.4, 0.5) is 0 Å². The highest BCUT2D eigenvalue weighted by Crippen LogP contribution is 2.17. The average molecular weight is 219 g/mol. The Morgan fingerprint density at radius 2 is 2.19 bits per heavy atom. The van der Waals surface area contributed by atoms with E-state index in [1.807, 2.05) is 27.8 Å². The molecule has 0 spiro atoms. The molecule has 2 rings (SSSR count). The Morgan fingerprint density at radius 1 is 1.38 bits per heavy atom. The quantitative estimate of drug-likeness (QED) is 0.847. The topological polar surface area (TPSA) is 61.7 Å². The first-order valence-electron chi connectivity index (χ1n) is 5.56. The summed E-state index contributed by atoms with van der Waals surface area (Å²) in [4.78, 5) is 4.15. The van der Waals surface area contributed by atoms with Crippen LogP contribution in [0.3, 0.4) is 0 Å². The van der Waals surface area contributed by atoms with Crippen LogP contribution < -0.4 is 5.73 Å². The fraction of sp³-hybridized carbons (Fsp3) is 0.455. The molecule has 5 nitrogen and oxygen atoms in total. The Bertz CT molecular complexity index is 456. The molecule has 0 radical (unpaired) electrons. The molecule has 86 valence electrons. The second-order valence-corrected chi connectivity index (χ2v) is 3.76. The van der Waals surface area contributed by atoms with E-state index in [1.165, 1.54) is 0 Å². The van der Waals surface area contributed by atoms with Crippen molar-refractivity contribution in [3.05, 3.63) is 30.6 Å². The molecule has 2 N–H and O–H groups in total. The van der Waals surface area contributed by atoms with Crippen LogP contribution in [0, 0.1) is 0 Å². The highest BCUT2D eigenvalue weighted by Gasteiger charge is 2.11. The lowest BCUT2D eigenvalue weighted by Crippen LogP contribution is -2.13. The first-order valence-corrected chi connectivity index (χ1v) is 5.56. The number of rotatable bonds is 4. The third-order valence-electron chi connectivity index (χ3n) is 2.71. The van der Waals surface area contributed by atoms with Gasteiger partial charge in [0.15, 0.2) is 0 Å². The molecule has 0 bridgehead atoms. The summed E-state index contributed by atoms with van der Waals surface area (Å²) in [6.07, 6.45) is 8.32. The maximum atomic E-state index is 6.03. The van der Waals surface area contributed by atoms with E-state index in [0.29, 0.717) is 0 Å². The zero-order valence-electron chi connectivity index (χ0n) is 9.67. The van der Waals surface area contributed by atoms with Gasteiger partial charge in [-0.2, -0.15) is 5.10 Å². The van der Waals surface area contributed by atoms with Crippen LogP contribution >= 0.6 is 0 Å². The minimum absolute atomic E-state index is 0.0208. The van der Waals surface area contributed by atoms with Gasteiger partial charge >= 0.3 is 0 Å². The summed E-state index contributed by atoms with van der Waals surface area (Å²) in [5.41, 5.74) is 8.07. The number of nitrogens with zero attached hydrogens (tertiary/aromatic N) is 4. The van der Waals surface area contributed by atoms with Gasteiger partial charge in [0.2, 0.25) is 0 Å². The molecule has 0 aromatic carbocycles. The Labute approximate surface area is 94.9 Å². The molecule has 0 fully saturated rings. The van der Waals surface area contributed by atoms with Gasteiger partial charge in [-0.3, -0.25) is 9.25 Å². The molecule has 1 atom stereocenters. The molecule has 2 aromatic heterocycles. The zero-order chi connectivity index (χ0) is 11.5. The molecule has 16 heavy (non-hydrogen) atoms. The Morgan fingerprint density at radius 3 is 2.81 bits per heavy atom. The SMILES string of the molecule is CC[C@@H](N)c1cncn1-c1cnn(CC)c1. The molecule has 2 aromatic rings. The number of nitrogens with two attached hydrogens (primary N) is 1. The van der Waals surface area contributed by atoms with Gasteiger partial charge in [-0.25, -0.2) is 4.98 Å². The monoisotopic (exact) mass is 219 g/mol. The molecule has 0 saturated carbocycles. The minimum Gasteiger partial charge on any atom is -0.323 e. The molecular formula is C11H17N5. The van der Waals surface area contributed by atoms with E-state index in [4.69, 9.17) is 5.73 Å². The first kappa shape index (κ1) is 10.9. The smallest absolute Gasteiger partial charge is 0.0995 e. The summed E-state index contributed by atoms with van der Waals surface area (Å²) in [5, 5.41) is 4.24. The van der Waals surface area contributed by atoms with Crippen molar-refractivity contribution in [2.24, 2.45) is 5.73 Å². The zero-order valence-corrected chi connectivity index (χ0v) is 9.67. The maximum Gasteiger partial charge on any atom is 0.0995 e. The third kappa shape index (κ3) is 1.86. The number of aromatic nitrogens is 4. The summed E-state index contributed by atoms with van der Waals surface area (Å²) < 4.78 is 3.88. The van der Waals surface area contributed by atoms with E-state index in [1.54, 1.807) is 6.33 Å². The van der Waals surface area contributed by atoms with Crippen molar-refractivity contribution in [1.29, 1.82) is 0 Å². The van der Waals surface area contributed by atoms with E-state index < -0.39 is 0 Å². The van der Waals surface area contributed by atoms with Crippen molar-refractivity contribution in [3.63, 3.8) is 0 Å². The number of aryl methyl sites for hydroxylation is 1. The van der Waals surface area contributed by atoms with Crippen LogP contribution in [-0.4, -0.2) is 19.3 Å². The molecule has 0 saturated heterocycles. The normalized spacial score (nSPS) is 12.9. The van der Waals surface area contributed by atoms with Crippen molar-refractivity contribution < 1.29 is 0 Å². The number of hydrogen-bond donors (Lipinski definition) is 1. The molecule has 0 aliphatic carbocycles. The Balaban J connectivity index is 2.36. The maximum absolute atomic E-state index is 6.03. The first-order chi connectivity index (χ1) is 7.76. The van der Waals surface area contributed by atoms with E-state index >= 15 is 0 Å². The second kappa shape index (κ2) is 4.49. The summed E-state index contributed by atoms with van der Waals surface area (Å²) in [6, 6.07) is 0.0208. The van der Waals surface area contributed by atoms with Gasteiger partial charge in [0.05, 0.1) is 30.1 Å². The van der Waals surface area contributed by atoms with Gasteiger partial charge in [-0.05, 0) is 13.3 Å². The highest BCUT2D eigenvalue weighted by molar-refractivity contribution is 5.29.